The molecule has 1 fully saturated rings. The average Bonchev–Trinajstić information content (AvgIpc) is 3.13. The van der Waals surface area contributed by atoms with E-state index in [1.54, 1.807) is 30.5 Å². The Labute approximate surface area is 163 Å². The molecule has 3 heterocycles. The van der Waals surface area contributed by atoms with Crippen LogP contribution in [0.5, 0.6) is 5.88 Å². The lowest BCUT2D eigenvalue weighted by atomic mass is 9.99. The van der Waals surface area contributed by atoms with Crippen molar-refractivity contribution in [3.05, 3.63) is 40.9 Å². The van der Waals surface area contributed by atoms with Crippen LogP contribution >= 0.6 is 11.3 Å². The van der Waals surface area contributed by atoms with E-state index >= 15 is 0 Å². The van der Waals surface area contributed by atoms with Crippen LogP contribution in [0.4, 0.5) is 0 Å². The predicted molar refractivity (Wildman–Crippen MR) is 103 cm³/mol. The van der Waals surface area contributed by atoms with Gasteiger partial charge in [0, 0.05) is 36.8 Å². The van der Waals surface area contributed by atoms with Crippen LogP contribution in [0.25, 0.3) is 0 Å². The Hall–Kier alpha value is -1.97. The maximum atomic E-state index is 12.8. The number of hydrogen-bond donors (Lipinski definition) is 1. The number of nitrogens with zero attached hydrogens (tertiary/aromatic N) is 2. The Morgan fingerprint density at radius 2 is 2.22 bits per heavy atom. The molecule has 146 valence electrons. The van der Waals surface area contributed by atoms with Crippen molar-refractivity contribution in [3.8, 4) is 5.88 Å². The van der Waals surface area contributed by atoms with Crippen molar-refractivity contribution < 1.29 is 17.9 Å². The number of aryl methyl sites for hydroxylation is 1. The average molecular weight is 410 g/mol. The molecule has 0 spiro atoms. The van der Waals surface area contributed by atoms with E-state index < -0.39 is 10.0 Å². The summed E-state index contributed by atoms with van der Waals surface area (Å²) in [6, 6.07) is 7.00. The fourth-order valence-corrected chi connectivity index (χ4v) is 6.02. The molecule has 2 aromatic heterocycles. The van der Waals surface area contributed by atoms with Crippen LogP contribution in [-0.4, -0.2) is 43.8 Å². The second-order valence-electron chi connectivity index (χ2n) is 6.49. The zero-order chi connectivity index (χ0) is 19.4. The summed E-state index contributed by atoms with van der Waals surface area (Å²) in [6.07, 6.45) is 2.98. The molecule has 1 N–H and O–H groups in total. The summed E-state index contributed by atoms with van der Waals surface area (Å²) in [4.78, 5) is 17.5. The number of methoxy groups -OCH3 is 1. The van der Waals surface area contributed by atoms with Gasteiger partial charge < -0.3 is 10.1 Å². The third-order valence-electron chi connectivity index (χ3n) is 4.54. The number of aromatic nitrogens is 1. The summed E-state index contributed by atoms with van der Waals surface area (Å²) in [5, 5.41) is 2.89. The van der Waals surface area contributed by atoms with E-state index in [1.807, 2.05) is 6.92 Å². The Morgan fingerprint density at radius 3 is 2.93 bits per heavy atom. The topological polar surface area (TPSA) is 88.6 Å². The van der Waals surface area contributed by atoms with Gasteiger partial charge in [0.25, 0.3) is 10.0 Å². The Bertz CT molecular complexity index is 911. The number of nitrogens with one attached hydrogen (secondary N) is 1. The van der Waals surface area contributed by atoms with Crippen LogP contribution in [-0.2, 0) is 21.4 Å². The van der Waals surface area contributed by atoms with E-state index in [1.165, 1.54) is 22.8 Å². The van der Waals surface area contributed by atoms with Crippen molar-refractivity contribution in [1.29, 1.82) is 0 Å². The fraction of sp³-hybridized carbons (Fsp3) is 0.444. The first-order valence-corrected chi connectivity index (χ1v) is 11.0. The third kappa shape index (κ3) is 4.66. The minimum atomic E-state index is -3.54. The van der Waals surface area contributed by atoms with Crippen molar-refractivity contribution in [3.63, 3.8) is 0 Å². The van der Waals surface area contributed by atoms with Gasteiger partial charge in [-0.1, -0.05) is 0 Å². The monoisotopic (exact) mass is 409 g/mol. The van der Waals surface area contributed by atoms with Gasteiger partial charge in [-0.3, -0.25) is 4.79 Å². The molecule has 2 aromatic rings. The Balaban J connectivity index is 1.62. The second kappa shape index (κ2) is 8.37. The van der Waals surface area contributed by atoms with Gasteiger partial charge in [0.15, 0.2) is 0 Å². The van der Waals surface area contributed by atoms with Gasteiger partial charge in [0.05, 0.1) is 13.0 Å². The number of carbonyl (C=O) groups excluding carboxylic acids is 1. The minimum Gasteiger partial charge on any atom is -0.481 e. The van der Waals surface area contributed by atoms with Gasteiger partial charge in [0.1, 0.15) is 4.21 Å². The zero-order valence-corrected chi connectivity index (χ0v) is 17.0. The molecule has 0 bridgehead atoms. The molecule has 1 aliphatic heterocycles. The van der Waals surface area contributed by atoms with Gasteiger partial charge in [0.2, 0.25) is 11.8 Å². The normalized spacial score (nSPS) is 18.2. The van der Waals surface area contributed by atoms with Crippen LogP contribution in [0.2, 0.25) is 0 Å². The highest BCUT2D eigenvalue weighted by atomic mass is 32.2. The van der Waals surface area contributed by atoms with Crippen LogP contribution in [0.1, 0.15) is 23.3 Å². The quantitative estimate of drug-likeness (QED) is 0.790. The standard InChI is InChI=1S/C18H23N3O4S2/c1-13-5-6-17(26-13)27(23,24)21-9-3-4-15(12-21)18(22)20-11-14-7-8-19-16(10-14)25-2/h5-8,10,15H,3-4,9,11-12H2,1-2H3,(H,20,22). The summed E-state index contributed by atoms with van der Waals surface area (Å²) in [7, 11) is -2.00. The van der Waals surface area contributed by atoms with E-state index in [4.69, 9.17) is 4.74 Å². The second-order valence-corrected chi connectivity index (χ2v) is 9.94. The summed E-state index contributed by atoms with van der Waals surface area (Å²) in [5.41, 5.74) is 0.879. The molecule has 1 atom stereocenters. The molecule has 7 nitrogen and oxygen atoms in total. The number of piperidine rings is 1. The van der Waals surface area contributed by atoms with E-state index in [-0.39, 0.29) is 18.4 Å². The first-order valence-electron chi connectivity index (χ1n) is 8.73. The molecule has 0 aliphatic carbocycles. The van der Waals surface area contributed by atoms with E-state index in [0.29, 0.717) is 36.0 Å². The van der Waals surface area contributed by atoms with Gasteiger partial charge in [-0.25, -0.2) is 13.4 Å². The number of thiophene rings is 1. The number of sulfonamides is 1. The number of carbonyl (C=O) groups is 1. The van der Waals surface area contributed by atoms with Gasteiger partial charge >= 0.3 is 0 Å². The Morgan fingerprint density at radius 1 is 1.41 bits per heavy atom. The zero-order valence-electron chi connectivity index (χ0n) is 15.3. The molecule has 9 heteroatoms. The summed E-state index contributed by atoms with van der Waals surface area (Å²) < 4.78 is 32.5. The molecule has 0 radical (unpaired) electrons. The molecule has 0 aromatic carbocycles. The van der Waals surface area contributed by atoms with Crippen LogP contribution < -0.4 is 10.1 Å². The maximum Gasteiger partial charge on any atom is 0.252 e. The van der Waals surface area contributed by atoms with Crippen LogP contribution in [0.15, 0.2) is 34.7 Å². The van der Waals surface area contributed by atoms with Crippen molar-refractivity contribution >= 4 is 27.3 Å². The van der Waals surface area contributed by atoms with Crippen molar-refractivity contribution in [2.24, 2.45) is 5.92 Å². The van der Waals surface area contributed by atoms with Crippen molar-refractivity contribution in [2.75, 3.05) is 20.2 Å². The third-order valence-corrected chi connectivity index (χ3v) is 7.87. The minimum absolute atomic E-state index is 0.131. The number of hydrogen-bond acceptors (Lipinski definition) is 6. The van der Waals surface area contributed by atoms with Gasteiger partial charge in [-0.05, 0) is 43.5 Å². The fourth-order valence-electron chi connectivity index (χ4n) is 3.06. The summed E-state index contributed by atoms with van der Waals surface area (Å²) in [5.74, 6) is 0.00859. The number of pyridine rings is 1. The lowest BCUT2D eigenvalue weighted by molar-refractivity contribution is -0.126. The number of rotatable bonds is 6. The lowest BCUT2D eigenvalue weighted by Crippen LogP contribution is -2.45. The highest BCUT2D eigenvalue weighted by molar-refractivity contribution is 7.91. The van der Waals surface area contributed by atoms with Crippen molar-refractivity contribution in [2.45, 2.75) is 30.5 Å². The molecular weight excluding hydrogens is 386 g/mol. The molecule has 0 saturated carbocycles. The van der Waals surface area contributed by atoms with Crippen molar-refractivity contribution in [1.82, 2.24) is 14.6 Å². The number of ether oxygens (including phenoxy) is 1. The largest absolute Gasteiger partial charge is 0.481 e. The molecule has 3 rings (SSSR count). The lowest BCUT2D eigenvalue weighted by Gasteiger charge is -2.30. The first kappa shape index (κ1) is 19.8. The summed E-state index contributed by atoms with van der Waals surface area (Å²) >= 11 is 1.26. The molecule has 1 aliphatic rings. The Kier molecular flexibility index (Phi) is 6.13. The molecule has 27 heavy (non-hydrogen) atoms. The van der Waals surface area contributed by atoms with E-state index in [2.05, 4.69) is 10.3 Å². The molecule has 1 unspecified atom stereocenters. The molecular formula is C18H23N3O4S2. The van der Waals surface area contributed by atoms with E-state index in [9.17, 15) is 13.2 Å². The molecule has 1 saturated heterocycles. The maximum absolute atomic E-state index is 12.8. The van der Waals surface area contributed by atoms with E-state index in [0.717, 1.165) is 10.4 Å². The van der Waals surface area contributed by atoms with Gasteiger partial charge in [-0.2, -0.15) is 4.31 Å². The number of amides is 1. The smallest absolute Gasteiger partial charge is 0.252 e. The highest BCUT2D eigenvalue weighted by Crippen LogP contribution is 2.28. The van der Waals surface area contributed by atoms with Crippen LogP contribution in [0.3, 0.4) is 0 Å². The SMILES string of the molecule is COc1cc(CNC(=O)C2CCCN(S(=O)(=O)c3ccc(C)s3)C2)ccn1. The molecule has 1 amide bonds. The van der Waals surface area contributed by atoms with Gasteiger partial charge in [-0.15, -0.1) is 11.3 Å². The predicted octanol–water partition coefficient (Wildman–Crippen LogP) is 2.18. The van der Waals surface area contributed by atoms with Crippen LogP contribution in [0, 0.1) is 12.8 Å². The first-order chi connectivity index (χ1) is 12.9. The summed E-state index contributed by atoms with van der Waals surface area (Å²) in [6.45, 7) is 2.89. The highest BCUT2D eigenvalue weighted by Gasteiger charge is 2.33.